The van der Waals surface area contributed by atoms with Crippen LogP contribution in [0.2, 0.25) is 0 Å². The second-order valence-electron chi connectivity index (χ2n) is 4.80. The molecule has 0 aromatic heterocycles. The first kappa shape index (κ1) is 13.3. The van der Waals surface area contributed by atoms with Crippen molar-refractivity contribution in [3.63, 3.8) is 0 Å². The van der Waals surface area contributed by atoms with Crippen molar-refractivity contribution in [2.45, 2.75) is 12.8 Å². The summed E-state index contributed by atoms with van der Waals surface area (Å²) in [6, 6.07) is 6.13. The Morgan fingerprint density at radius 1 is 1.39 bits per heavy atom. The molecule has 0 bridgehead atoms. The number of piperidine rings is 1. The fraction of sp³-hybridized carbons (Fsp3) is 0.571. The second-order valence-corrected chi connectivity index (χ2v) is 4.80. The lowest BCUT2D eigenvalue weighted by molar-refractivity contribution is 0.102. The van der Waals surface area contributed by atoms with Gasteiger partial charge in [0.15, 0.2) is 0 Å². The number of rotatable bonds is 5. The number of halogens is 1. The number of hydrogen-bond acceptors (Lipinski definition) is 3. The number of aliphatic hydroxyl groups excluding tert-OH is 1. The van der Waals surface area contributed by atoms with E-state index in [9.17, 15) is 9.50 Å². The maximum absolute atomic E-state index is 13.0. The van der Waals surface area contributed by atoms with Gasteiger partial charge in [-0.3, -0.25) is 0 Å². The molecule has 1 atom stereocenters. The highest BCUT2D eigenvalue weighted by molar-refractivity contribution is 5.22. The molecular formula is C14H20FNO2. The topological polar surface area (TPSA) is 41.5 Å². The number of hydrogen-bond donors (Lipinski definition) is 2. The Morgan fingerprint density at radius 2 is 2.17 bits per heavy atom. The molecule has 18 heavy (non-hydrogen) atoms. The molecule has 1 fully saturated rings. The standard InChI is InChI=1S/C14H20FNO2/c15-13-2-1-3-14(8-13)18-10-12(9-17)11-4-6-16-7-5-11/h1-3,8,11-12,16-17H,4-7,9-10H2. The first-order valence-electron chi connectivity index (χ1n) is 6.49. The molecule has 0 radical (unpaired) electrons. The van der Waals surface area contributed by atoms with Gasteiger partial charge >= 0.3 is 0 Å². The largest absolute Gasteiger partial charge is 0.493 e. The van der Waals surface area contributed by atoms with Crippen molar-refractivity contribution in [3.8, 4) is 5.75 Å². The fourth-order valence-corrected chi connectivity index (χ4v) is 2.41. The number of nitrogens with one attached hydrogen (secondary N) is 1. The molecule has 1 aliphatic rings. The van der Waals surface area contributed by atoms with Crippen LogP contribution in [0.25, 0.3) is 0 Å². The van der Waals surface area contributed by atoms with Crippen LogP contribution in [0.5, 0.6) is 5.75 Å². The van der Waals surface area contributed by atoms with Gasteiger partial charge in [-0.05, 0) is 44.0 Å². The Kier molecular flexibility index (Phi) is 4.96. The molecule has 1 aromatic carbocycles. The molecule has 1 unspecified atom stereocenters. The van der Waals surface area contributed by atoms with Gasteiger partial charge in [0.05, 0.1) is 6.61 Å². The smallest absolute Gasteiger partial charge is 0.126 e. The van der Waals surface area contributed by atoms with Gasteiger partial charge in [-0.1, -0.05) is 6.07 Å². The quantitative estimate of drug-likeness (QED) is 0.841. The van der Waals surface area contributed by atoms with E-state index >= 15 is 0 Å². The molecule has 100 valence electrons. The van der Waals surface area contributed by atoms with Gasteiger partial charge in [0.2, 0.25) is 0 Å². The van der Waals surface area contributed by atoms with Gasteiger partial charge in [-0.15, -0.1) is 0 Å². The minimum absolute atomic E-state index is 0.125. The van der Waals surface area contributed by atoms with Crippen LogP contribution in [0.1, 0.15) is 12.8 Å². The van der Waals surface area contributed by atoms with Crippen LogP contribution in [0.4, 0.5) is 4.39 Å². The lowest BCUT2D eigenvalue weighted by atomic mass is 9.86. The van der Waals surface area contributed by atoms with Gasteiger partial charge in [0, 0.05) is 18.6 Å². The van der Waals surface area contributed by atoms with Crippen molar-refractivity contribution in [2.75, 3.05) is 26.3 Å². The number of benzene rings is 1. The second kappa shape index (κ2) is 6.71. The van der Waals surface area contributed by atoms with E-state index in [2.05, 4.69) is 5.32 Å². The normalized spacial score (nSPS) is 18.6. The van der Waals surface area contributed by atoms with E-state index in [1.54, 1.807) is 12.1 Å². The van der Waals surface area contributed by atoms with Crippen molar-refractivity contribution in [1.82, 2.24) is 5.32 Å². The van der Waals surface area contributed by atoms with Crippen LogP contribution in [0.15, 0.2) is 24.3 Å². The Labute approximate surface area is 107 Å². The molecule has 1 saturated heterocycles. The zero-order chi connectivity index (χ0) is 12.8. The summed E-state index contributed by atoms with van der Waals surface area (Å²) in [5.74, 6) is 0.859. The predicted octanol–water partition coefficient (Wildman–Crippen LogP) is 1.81. The van der Waals surface area contributed by atoms with E-state index in [0.717, 1.165) is 25.9 Å². The van der Waals surface area contributed by atoms with Gasteiger partial charge in [0.1, 0.15) is 11.6 Å². The number of ether oxygens (including phenoxy) is 1. The zero-order valence-corrected chi connectivity index (χ0v) is 10.4. The van der Waals surface area contributed by atoms with Crippen LogP contribution in [-0.2, 0) is 0 Å². The van der Waals surface area contributed by atoms with Crippen LogP contribution in [0, 0.1) is 17.7 Å². The average molecular weight is 253 g/mol. The van der Waals surface area contributed by atoms with E-state index in [4.69, 9.17) is 4.74 Å². The molecular weight excluding hydrogens is 233 g/mol. The summed E-state index contributed by atoms with van der Waals surface area (Å²) in [6.45, 7) is 2.58. The van der Waals surface area contributed by atoms with Crippen LogP contribution in [0.3, 0.4) is 0 Å². The first-order chi connectivity index (χ1) is 8.79. The van der Waals surface area contributed by atoms with Gasteiger partial charge < -0.3 is 15.2 Å². The van der Waals surface area contributed by atoms with E-state index in [-0.39, 0.29) is 18.3 Å². The maximum atomic E-state index is 13.0. The Bertz CT molecular complexity index is 367. The molecule has 1 aromatic rings. The van der Waals surface area contributed by atoms with E-state index in [0.29, 0.717) is 18.3 Å². The van der Waals surface area contributed by atoms with E-state index in [1.807, 2.05) is 0 Å². The minimum atomic E-state index is -0.296. The SMILES string of the molecule is OCC(COc1cccc(F)c1)C1CCNCC1. The van der Waals surface area contributed by atoms with Crippen LogP contribution >= 0.6 is 0 Å². The summed E-state index contributed by atoms with van der Waals surface area (Å²) in [6.07, 6.45) is 2.13. The van der Waals surface area contributed by atoms with Crippen molar-refractivity contribution in [1.29, 1.82) is 0 Å². The van der Waals surface area contributed by atoms with Gasteiger partial charge in [-0.25, -0.2) is 4.39 Å². The third-order valence-corrected chi connectivity index (χ3v) is 3.55. The Morgan fingerprint density at radius 3 is 2.83 bits per heavy atom. The third kappa shape index (κ3) is 3.68. The molecule has 0 spiro atoms. The first-order valence-corrected chi connectivity index (χ1v) is 6.49. The zero-order valence-electron chi connectivity index (χ0n) is 10.4. The monoisotopic (exact) mass is 253 g/mol. The Balaban J connectivity index is 1.86. The summed E-state index contributed by atoms with van der Waals surface area (Å²) in [5, 5.41) is 12.7. The molecule has 2 rings (SSSR count). The Hall–Kier alpha value is -1.13. The highest BCUT2D eigenvalue weighted by Gasteiger charge is 2.23. The van der Waals surface area contributed by atoms with Crippen molar-refractivity contribution >= 4 is 0 Å². The van der Waals surface area contributed by atoms with Crippen LogP contribution in [-0.4, -0.2) is 31.4 Å². The average Bonchev–Trinajstić information content (AvgIpc) is 2.41. The highest BCUT2D eigenvalue weighted by Crippen LogP contribution is 2.23. The van der Waals surface area contributed by atoms with Gasteiger partial charge in [0.25, 0.3) is 0 Å². The third-order valence-electron chi connectivity index (χ3n) is 3.55. The molecule has 0 saturated carbocycles. The summed E-state index contributed by atoms with van der Waals surface area (Å²) < 4.78 is 18.6. The lowest BCUT2D eigenvalue weighted by Gasteiger charge is -2.29. The highest BCUT2D eigenvalue weighted by atomic mass is 19.1. The molecule has 1 aliphatic heterocycles. The molecule has 1 heterocycles. The summed E-state index contributed by atoms with van der Waals surface area (Å²) in [7, 11) is 0. The molecule has 0 aliphatic carbocycles. The van der Waals surface area contributed by atoms with Gasteiger partial charge in [-0.2, -0.15) is 0 Å². The predicted molar refractivity (Wildman–Crippen MR) is 68.1 cm³/mol. The van der Waals surface area contributed by atoms with E-state index in [1.165, 1.54) is 12.1 Å². The number of aliphatic hydroxyl groups is 1. The molecule has 2 N–H and O–H groups in total. The van der Waals surface area contributed by atoms with Crippen LogP contribution < -0.4 is 10.1 Å². The van der Waals surface area contributed by atoms with E-state index < -0.39 is 0 Å². The van der Waals surface area contributed by atoms with Crippen molar-refractivity contribution < 1.29 is 14.2 Å². The van der Waals surface area contributed by atoms with Crippen molar-refractivity contribution in [2.24, 2.45) is 11.8 Å². The summed E-state index contributed by atoms with van der Waals surface area (Å²) >= 11 is 0. The fourth-order valence-electron chi connectivity index (χ4n) is 2.41. The molecule has 3 nitrogen and oxygen atoms in total. The lowest BCUT2D eigenvalue weighted by Crippen LogP contribution is -2.35. The molecule has 0 amide bonds. The summed E-state index contributed by atoms with van der Waals surface area (Å²) in [5.41, 5.74) is 0. The molecule has 4 heteroatoms. The van der Waals surface area contributed by atoms with Crippen molar-refractivity contribution in [3.05, 3.63) is 30.1 Å². The minimum Gasteiger partial charge on any atom is -0.493 e. The summed E-state index contributed by atoms with van der Waals surface area (Å²) in [4.78, 5) is 0. The maximum Gasteiger partial charge on any atom is 0.126 e.